The Balaban J connectivity index is 1.58. The number of carbonyl (C=O) groups excluding carboxylic acids is 16. The molecule has 25 N–H and O–H groups in total. The second-order valence-corrected chi connectivity index (χ2v) is 28.5. The number of aliphatic carboxylic acids is 4. The van der Waals surface area contributed by atoms with Crippen LogP contribution in [0.25, 0.3) is 10.9 Å². The van der Waals surface area contributed by atoms with E-state index >= 15 is 0 Å². The quantitative estimate of drug-likeness (QED) is 0.0117. The van der Waals surface area contributed by atoms with Crippen LogP contribution >= 0.6 is 0 Å². The van der Waals surface area contributed by atoms with Gasteiger partial charge in [0.15, 0.2) is 5.78 Å². The van der Waals surface area contributed by atoms with Crippen molar-refractivity contribution >= 4 is 135 Å². The maximum absolute atomic E-state index is 14.9. The lowest BCUT2D eigenvalue weighted by Crippen LogP contribution is -2.62. The van der Waals surface area contributed by atoms with Crippen molar-refractivity contribution in [2.45, 2.75) is 215 Å². The first kappa shape index (κ1) is 94.9. The van der Waals surface area contributed by atoms with Crippen molar-refractivity contribution in [3.63, 3.8) is 0 Å². The number of amides is 14. The first-order valence-electron chi connectivity index (χ1n) is 37.8. The molecule has 1 aliphatic carbocycles. The Morgan fingerprint density at radius 3 is 1.73 bits per heavy atom. The highest BCUT2D eigenvalue weighted by Crippen LogP contribution is 2.28. The number of aliphatic hydroxyl groups excluding tert-OH is 1. The SMILES string of the molecule is C[C@H]1NC(=O)[C@@H](CC(=O)O)NC(=O)[C@H](CCCN)NC(=O)CNC(=O)[C@@H](NC(=O)[C@H](CC(=O)O)NC(=O)[C@H](CC(N)=O)NC(=O)[C@H](Cc2c[nH]c3ccccc23)NC(=O)CCCCCC2CCCCC2)[C@@H](C)OC(=O)[C@H](CC(=O)c2ccccc2N)NC(=O)[C@H]([C@@H](C)CC(=O)O)NC(=O)[C@@H](CO)NC(=O)CNC(=O)[C@H](CC(=O)O)NC1=O. The standard InChI is InChI=1S/C74H103N17O26/c1-36(25-58(98)99)62-73(115)89-51(27-53(93)42-19-10-12-20-43(42)76)74(116)117-38(3)63(72(114)80-34-56(96)82-45(22-14-24-75)66(108)87-49(30-60(102)103)67(109)81-37(2)64(106)85-48(29-59(100)101)65(107)79-33-57(97)84-52(35-92)71(113)90-62)91-70(112)50(31-61(104)105)88-69(111)47(28-54(77)94)86-68(110)46(26-40-32-78-44-21-13-11-18-41(40)44)83-55(95)23-9-5-8-17-39-15-6-4-7-16-39/h10-13,18-21,32,36-39,45-52,62-63,78,92H,4-9,14-17,22-31,33-35,75-76H2,1-3H3,(H2,77,94)(H,79,107)(H,80,114)(H,81,109)(H,82,96)(H,83,95)(H,84,97)(H,85,106)(H,86,110)(H,87,108)(H,88,111)(H,89,115)(H,90,113)(H,91,112)(H,98,99)(H,100,101)(H,102,103)(H,104,105)/t36-,37+,38+,45-,46-,47-,48-,49+,50-,51-,52+,62-,63-/m0/s1. The smallest absolute Gasteiger partial charge is 0.329 e. The summed E-state index contributed by atoms with van der Waals surface area (Å²) in [7, 11) is 0. The van der Waals surface area contributed by atoms with Crippen LogP contribution in [-0.2, 0) is 102 Å². The maximum Gasteiger partial charge on any atom is 0.329 e. The number of ketones is 1. The molecule has 2 heterocycles. The molecular weight excluding hydrogens is 1540 g/mol. The van der Waals surface area contributed by atoms with Crippen molar-refractivity contribution in [3.8, 4) is 0 Å². The average molecular weight is 1650 g/mol. The Labute approximate surface area is 669 Å². The number of aromatic nitrogens is 1. The fourth-order valence-corrected chi connectivity index (χ4v) is 12.9. The zero-order chi connectivity index (χ0) is 86.8. The number of fused-ring (bicyclic) bond motifs is 1. The van der Waals surface area contributed by atoms with Gasteiger partial charge in [-0.2, -0.15) is 0 Å². The average Bonchev–Trinajstić information content (AvgIpc) is 1.35. The van der Waals surface area contributed by atoms with E-state index in [4.69, 9.17) is 21.9 Å². The van der Waals surface area contributed by atoms with Gasteiger partial charge >= 0.3 is 29.8 Å². The predicted octanol–water partition coefficient (Wildman–Crippen LogP) is -5.23. The third-order valence-corrected chi connectivity index (χ3v) is 19.1. The number of hydrogen-bond donors (Lipinski definition) is 22. The lowest BCUT2D eigenvalue weighted by atomic mass is 9.85. The molecule has 0 spiro atoms. The number of ether oxygens (including phenoxy) is 1. The Kier molecular flexibility index (Phi) is 38.3. The Morgan fingerprint density at radius 1 is 0.547 bits per heavy atom. The summed E-state index contributed by atoms with van der Waals surface area (Å²) in [6.07, 6.45) is 0.560. The molecule has 1 saturated heterocycles. The number of anilines is 1. The number of primary amides is 1. The second kappa shape index (κ2) is 47.2. The van der Waals surface area contributed by atoms with E-state index in [9.17, 15) is 121 Å². The van der Waals surface area contributed by atoms with Gasteiger partial charge in [-0.3, -0.25) is 91.1 Å². The summed E-state index contributed by atoms with van der Waals surface area (Å²) in [6, 6.07) is -10.5. The molecule has 43 heteroatoms. The predicted molar refractivity (Wildman–Crippen MR) is 407 cm³/mol. The number of aliphatic hydroxyl groups is 1. The molecule has 3 aromatic rings. The summed E-state index contributed by atoms with van der Waals surface area (Å²) >= 11 is 0. The molecule has 43 nitrogen and oxygen atoms in total. The van der Waals surface area contributed by atoms with Gasteiger partial charge in [-0.05, 0) is 75.3 Å². The number of rotatable bonds is 33. The van der Waals surface area contributed by atoms with E-state index in [1.807, 2.05) is 16.0 Å². The zero-order valence-corrected chi connectivity index (χ0v) is 64.6. The number of unbranched alkanes of at least 4 members (excludes halogenated alkanes) is 2. The largest absolute Gasteiger partial charge is 0.481 e. The number of aromatic amines is 1. The molecule has 14 amide bonds. The van der Waals surface area contributed by atoms with Crippen LogP contribution in [0.1, 0.15) is 152 Å². The maximum atomic E-state index is 14.9. The van der Waals surface area contributed by atoms with Gasteiger partial charge < -0.3 is 122 Å². The third-order valence-electron chi connectivity index (χ3n) is 19.1. The number of benzene rings is 2. The van der Waals surface area contributed by atoms with Crippen LogP contribution in [0.3, 0.4) is 0 Å². The van der Waals surface area contributed by atoms with Crippen molar-refractivity contribution in [2.24, 2.45) is 23.3 Å². The molecule has 0 bridgehead atoms. The van der Waals surface area contributed by atoms with E-state index in [1.54, 1.807) is 30.5 Å². The molecule has 13 atom stereocenters. The van der Waals surface area contributed by atoms with Crippen molar-refractivity contribution < 1.29 is 126 Å². The molecule has 1 saturated carbocycles. The summed E-state index contributed by atoms with van der Waals surface area (Å²) in [4.78, 5) is 277. The van der Waals surface area contributed by atoms with Crippen molar-refractivity contribution in [2.75, 3.05) is 32.0 Å². The van der Waals surface area contributed by atoms with Gasteiger partial charge in [-0.1, -0.05) is 88.6 Å². The van der Waals surface area contributed by atoms with Crippen LogP contribution in [-0.4, -0.2) is 248 Å². The number of hydrogen-bond acceptors (Lipinski definition) is 24. The topological polar surface area (TPSA) is 702 Å². The number of nitrogens with one attached hydrogen (secondary N) is 14. The van der Waals surface area contributed by atoms with E-state index in [-0.39, 0.29) is 37.1 Å². The molecule has 2 aromatic carbocycles. The Bertz CT molecular complexity index is 4130. The van der Waals surface area contributed by atoms with Gasteiger partial charge in [0.2, 0.25) is 82.7 Å². The minimum atomic E-state index is -2.45. The number of para-hydroxylation sites is 2. The second-order valence-electron chi connectivity index (χ2n) is 28.5. The number of carboxylic acid groups (broad SMARTS) is 4. The number of nitrogens with two attached hydrogens (primary N) is 3. The fourth-order valence-electron chi connectivity index (χ4n) is 12.9. The number of carbonyl (C=O) groups is 20. The minimum absolute atomic E-state index is 0.00780. The lowest BCUT2D eigenvalue weighted by molar-refractivity contribution is -0.156. The summed E-state index contributed by atoms with van der Waals surface area (Å²) in [5, 5.41) is 78.8. The molecule has 117 heavy (non-hydrogen) atoms. The summed E-state index contributed by atoms with van der Waals surface area (Å²) in [5.74, 6) is -29.1. The van der Waals surface area contributed by atoms with Gasteiger partial charge in [0.1, 0.15) is 72.6 Å². The van der Waals surface area contributed by atoms with Crippen LogP contribution in [0, 0.1) is 11.8 Å². The fraction of sp³-hybridized carbons (Fsp3) is 0.541. The van der Waals surface area contributed by atoms with Crippen LogP contribution in [0.5, 0.6) is 0 Å². The van der Waals surface area contributed by atoms with Gasteiger partial charge in [-0.25, -0.2) is 4.79 Å². The number of esters is 1. The van der Waals surface area contributed by atoms with Crippen LogP contribution in [0.4, 0.5) is 5.69 Å². The minimum Gasteiger partial charge on any atom is -0.481 e. The summed E-state index contributed by atoms with van der Waals surface area (Å²) in [6.45, 7) is -0.941. The Hall–Kier alpha value is -12.7. The van der Waals surface area contributed by atoms with Gasteiger partial charge in [0.25, 0.3) is 0 Å². The van der Waals surface area contributed by atoms with Gasteiger partial charge in [-0.15, -0.1) is 0 Å². The number of H-pyrrole nitrogens is 1. The van der Waals surface area contributed by atoms with E-state index < -0.39 is 261 Å². The van der Waals surface area contributed by atoms with Crippen molar-refractivity contribution in [1.82, 2.24) is 74.1 Å². The summed E-state index contributed by atoms with van der Waals surface area (Å²) in [5.41, 5.74) is 18.1. The van der Waals surface area contributed by atoms with Crippen LogP contribution in [0.15, 0.2) is 54.7 Å². The number of carboxylic acids is 4. The highest BCUT2D eigenvalue weighted by Gasteiger charge is 2.41. The molecule has 640 valence electrons. The van der Waals surface area contributed by atoms with Crippen molar-refractivity contribution in [1.29, 1.82) is 0 Å². The zero-order valence-electron chi connectivity index (χ0n) is 64.6. The third kappa shape index (κ3) is 31.9. The van der Waals surface area contributed by atoms with E-state index in [2.05, 4.69) is 58.2 Å². The monoisotopic (exact) mass is 1650 g/mol. The van der Waals surface area contributed by atoms with E-state index in [0.717, 1.165) is 59.3 Å². The molecule has 2 fully saturated rings. The number of Topliss-reactive ketones (excluding diaryl/α,β-unsaturated/α-hetero) is 1. The van der Waals surface area contributed by atoms with Crippen molar-refractivity contribution in [3.05, 3.63) is 65.9 Å². The number of nitrogen functional groups attached to an aromatic ring is 1. The molecule has 1 aromatic heterocycles. The first-order chi connectivity index (χ1) is 55.4. The van der Waals surface area contributed by atoms with E-state index in [1.165, 1.54) is 30.7 Å². The molecule has 1 aliphatic heterocycles. The highest BCUT2D eigenvalue weighted by atomic mass is 16.5. The molecule has 5 rings (SSSR count). The molecule has 0 radical (unpaired) electrons. The van der Waals surface area contributed by atoms with Crippen LogP contribution < -0.4 is 86.3 Å². The Morgan fingerprint density at radius 2 is 1.11 bits per heavy atom. The normalized spacial score (nSPS) is 22.0. The first-order valence-corrected chi connectivity index (χ1v) is 37.8. The van der Waals surface area contributed by atoms with Crippen LogP contribution in [0.2, 0.25) is 0 Å². The molecule has 2 aliphatic rings. The van der Waals surface area contributed by atoms with Gasteiger partial charge in [0.05, 0.1) is 51.8 Å². The highest BCUT2D eigenvalue weighted by molar-refractivity contribution is 6.05. The van der Waals surface area contributed by atoms with Gasteiger partial charge in [0, 0.05) is 47.6 Å². The number of cyclic esters (lactones) is 1. The summed E-state index contributed by atoms with van der Waals surface area (Å²) < 4.78 is 5.69. The molecular formula is C74H103N17O26. The lowest BCUT2D eigenvalue weighted by Gasteiger charge is -2.30. The van der Waals surface area contributed by atoms with E-state index in [0.29, 0.717) is 35.2 Å². The molecule has 0 unspecified atom stereocenters.